The van der Waals surface area contributed by atoms with E-state index in [-0.39, 0.29) is 25.6 Å². The van der Waals surface area contributed by atoms with E-state index in [9.17, 15) is 14.7 Å². The lowest BCUT2D eigenvalue weighted by atomic mass is 9.97. The van der Waals surface area contributed by atoms with E-state index >= 15 is 0 Å². The van der Waals surface area contributed by atoms with Crippen molar-refractivity contribution in [2.24, 2.45) is 0 Å². The highest BCUT2D eigenvalue weighted by molar-refractivity contribution is 5.92. The van der Waals surface area contributed by atoms with Gasteiger partial charge in [0.05, 0.1) is 6.61 Å². The zero-order valence-corrected chi connectivity index (χ0v) is 20.8. The fraction of sp³-hybridized carbons (Fsp3) is 0.448. The van der Waals surface area contributed by atoms with Gasteiger partial charge in [0.25, 0.3) is 0 Å². The Kier molecular flexibility index (Phi) is 7.60. The first-order chi connectivity index (χ1) is 16.8. The normalized spacial score (nSPS) is 20.9. The minimum atomic E-state index is -1.19. The number of rotatable bonds is 9. The highest BCUT2D eigenvalue weighted by Crippen LogP contribution is 2.34. The van der Waals surface area contributed by atoms with E-state index < -0.39 is 24.1 Å². The molecule has 0 amide bonds. The van der Waals surface area contributed by atoms with Crippen LogP contribution < -0.4 is 4.74 Å². The minimum absolute atomic E-state index is 0.0710. The van der Waals surface area contributed by atoms with E-state index in [1.54, 1.807) is 0 Å². The summed E-state index contributed by atoms with van der Waals surface area (Å²) in [6, 6.07) is 15.0. The molecule has 2 aromatic rings. The number of fused-ring (bicyclic) bond motifs is 1. The van der Waals surface area contributed by atoms with Crippen LogP contribution in [0.1, 0.15) is 55.4 Å². The number of ether oxygens (including phenoxy) is 3. The summed E-state index contributed by atoms with van der Waals surface area (Å²) in [6.45, 7) is 5.20. The Morgan fingerprint density at radius 1 is 1.11 bits per heavy atom. The number of benzene rings is 2. The standard InChI is InChI=1S/C29H34O6/c1-19(2)25-16-29(17-30,35-28(25)32)18-33-27(31)13-11-24-15-23-14-22(10-12-26(23)34-24)9-8-21-6-4-20(3)5-7-21/h4-7,10,12,14,24,30H,8-9,11,13,15-18H2,1-3H3/t24-,29+/m0/s1. The van der Waals surface area contributed by atoms with E-state index in [1.165, 1.54) is 22.3 Å². The Morgan fingerprint density at radius 2 is 1.83 bits per heavy atom. The van der Waals surface area contributed by atoms with Crippen LogP contribution in [0, 0.1) is 6.92 Å². The van der Waals surface area contributed by atoms with Gasteiger partial charge < -0.3 is 19.3 Å². The molecule has 0 bridgehead atoms. The van der Waals surface area contributed by atoms with Crippen molar-refractivity contribution in [1.29, 1.82) is 0 Å². The summed E-state index contributed by atoms with van der Waals surface area (Å²) in [5.41, 5.74) is 5.25. The molecular formula is C29H34O6. The quantitative estimate of drug-likeness (QED) is 0.424. The predicted molar refractivity (Wildman–Crippen MR) is 132 cm³/mol. The van der Waals surface area contributed by atoms with Crippen molar-refractivity contribution >= 4 is 11.9 Å². The van der Waals surface area contributed by atoms with Gasteiger partial charge in [-0.1, -0.05) is 47.5 Å². The maximum atomic E-state index is 12.4. The molecule has 1 saturated heterocycles. The smallest absolute Gasteiger partial charge is 0.334 e. The zero-order chi connectivity index (χ0) is 25.0. The van der Waals surface area contributed by atoms with Crippen molar-refractivity contribution < 1.29 is 28.9 Å². The van der Waals surface area contributed by atoms with Crippen LogP contribution in [-0.4, -0.2) is 42.0 Å². The van der Waals surface area contributed by atoms with Crippen molar-refractivity contribution in [3.63, 3.8) is 0 Å². The van der Waals surface area contributed by atoms with Crippen LogP contribution in [0.25, 0.3) is 0 Å². The van der Waals surface area contributed by atoms with Crippen molar-refractivity contribution in [2.75, 3.05) is 13.2 Å². The largest absolute Gasteiger partial charge is 0.490 e. The van der Waals surface area contributed by atoms with Gasteiger partial charge >= 0.3 is 11.9 Å². The SMILES string of the molecule is CC(C)=C1C[C@@](CO)(COC(=O)CC[C@H]2Cc3cc(CCc4ccc(C)cc4)ccc3O2)OC1=O. The molecule has 0 unspecified atom stereocenters. The summed E-state index contributed by atoms with van der Waals surface area (Å²) in [7, 11) is 0. The fourth-order valence-electron chi connectivity index (χ4n) is 4.58. The van der Waals surface area contributed by atoms with Gasteiger partial charge in [-0.3, -0.25) is 4.79 Å². The van der Waals surface area contributed by atoms with Crippen molar-refractivity contribution in [3.8, 4) is 5.75 Å². The molecule has 6 nitrogen and oxygen atoms in total. The summed E-state index contributed by atoms with van der Waals surface area (Å²) in [6.07, 6.45) is 3.64. The number of carbonyl (C=O) groups excluding carboxylic acids is 2. The Balaban J connectivity index is 1.23. The molecule has 0 aromatic heterocycles. The second kappa shape index (κ2) is 10.6. The number of esters is 2. The van der Waals surface area contributed by atoms with Crippen LogP contribution in [0.5, 0.6) is 5.75 Å². The summed E-state index contributed by atoms with van der Waals surface area (Å²) < 4.78 is 16.8. The minimum Gasteiger partial charge on any atom is -0.490 e. The Bertz CT molecular complexity index is 1110. The first kappa shape index (κ1) is 25.0. The monoisotopic (exact) mass is 478 g/mol. The molecule has 2 aromatic carbocycles. The molecule has 2 aliphatic rings. The van der Waals surface area contributed by atoms with E-state index in [4.69, 9.17) is 14.2 Å². The first-order valence-electron chi connectivity index (χ1n) is 12.3. The molecule has 4 rings (SSSR count). The van der Waals surface area contributed by atoms with E-state index in [0.29, 0.717) is 12.0 Å². The molecule has 35 heavy (non-hydrogen) atoms. The van der Waals surface area contributed by atoms with Crippen LogP contribution in [-0.2, 0) is 38.3 Å². The number of allylic oxidation sites excluding steroid dienone is 1. The Labute approximate surface area is 206 Å². The third-order valence-corrected chi connectivity index (χ3v) is 6.80. The van der Waals surface area contributed by atoms with Gasteiger partial charge in [0.15, 0.2) is 5.60 Å². The highest BCUT2D eigenvalue weighted by atomic mass is 16.6. The molecule has 1 N–H and O–H groups in total. The maximum Gasteiger partial charge on any atom is 0.334 e. The van der Waals surface area contributed by atoms with Crippen molar-refractivity contribution in [1.82, 2.24) is 0 Å². The third-order valence-electron chi connectivity index (χ3n) is 6.80. The maximum absolute atomic E-state index is 12.4. The lowest BCUT2D eigenvalue weighted by molar-refractivity contribution is -0.166. The Morgan fingerprint density at radius 3 is 2.51 bits per heavy atom. The molecule has 2 atom stereocenters. The van der Waals surface area contributed by atoms with Crippen LogP contribution >= 0.6 is 0 Å². The van der Waals surface area contributed by atoms with Crippen LogP contribution in [0.4, 0.5) is 0 Å². The number of hydrogen-bond acceptors (Lipinski definition) is 6. The second-order valence-electron chi connectivity index (χ2n) is 9.96. The van der Waals surface area contributed by atoms with Crippen LogP contribution in [0.3, 0.4) is 0 Å². The number of aliphatic hydroxyl groups excluding tert-OH is 1. The molecule has 186 valence electrons. The van der Waals surface area contributed by atoms with Gasteiger partial charge in [0.2, 0.25) is 0 Å². The van der Waals surface area contributed by atoms with E-state index in [2.05, 4.69) is 43.3 Å². The topological polar surface area (TPSA) is 82.1 Å². The highest BCUT2D eigenvalue weighted by Gasteiger charge is 2.45. The average molecular weight is 479 g/mol. The lowest BCUT2D eigenvalue weighted by Gasteiger charge is -2.24. The summed E-state index contributed by atoms with van der Waals surface area (Å²) in [5.74, 6) is 0.0390. The molecule has 2 aliphatic heterocycles. The van der Waals surface area contributed by atoms with Gasteiger partial charge in [-0.25, -0.2) is 4.79 Å². The van der Waals surface area contributed by atoms with Crippen molar-refractivity contribution in [2.45, 2.75) is 71.0 Å². The van der Waals surface area contributed by atoms with E-state index in [0.717, 1.165) is 30.6 Å². The Hall–Kier alpha value is -3.12. The molecule has 0 radical (unpaired) electrons. The number of aryl methyl sites for hydroxylation is 3. The van der Waals surface area contributed by atoms with E-state index in [1.807, 2.05) is 19.9 Å². The number of carbonyl (C=O) groups is 2. The van der Waals surface area contributed by atoms with Gasteiger partial charge in [0.1, 0.15) is 18.5 Å². The zero-order valence-electron chi connectivity index (χ0n) is 20.8. The van der Waals surface area contributed by atoms with Gasteiger partial charge in [-0.2, -0.15) is 0 Å². The number of cyclic esters (lactones) is 1. The first-order valence-corrected chi connectivity index (χ1v) is 12.3. The van der Waals surface area contributed by atoms with Crippen molar-refractivity contribution in [3.05, 3.63) is 75.9 Å². The summed E-state index contributed by atoms with van der Waals surface area (Å²) >= 11 is 0. The lowest BCUT2D eigenvalue weighted by Crippen LogP contribution is -2.39. The molecule has 6 heteroatoms. The molecule has 0 spiro atoms. The van der Waals surface area contributed by atoms with Gasteiger partial charge in [-0.05, 0) is 62.8 Å². The average Bonchev–Trinajstić information content (AvgIpc) is 3.41. The molecule has 1 fully saturated rings. The third kappa shape index (κ3) is 6.12. The molecule has 0 aliphatic carbocycles. The summed E-state index contributed by atoms with van der Waals surface area (Å²) in [5, 5.41) is 9.77. The second-order valence-corrected chi connectivity index (χ2v) is 9.96. The molecule has 2 heterocycles. The van der Waals surface area contributed by atoms with Crippen LogP contribution in [0.15, 0.2) is 53.6 Å². The summed E-state index contributed by atoms with van der Waals surface area (Å²) in [4.78, 5) is 24.4. The number of aliphatic hydroxyl groups is 1. The van der Waals surface area contributed by atoms with Gasteiger partial charge in [-0.15, -0.1) is 0 Å². The predicted octanol–water partition coefficient (Wildman–Crippen LogP) is 4.42. The molecular weight excluding hydrogens is 444 g/mol. The fourth-order valence-corrected chi connectivity index (χ4v) is 4.58. The van der Waals surface area contributed by atoms with Crippen LogP contribution in [0.2, 0.25) is 0 Å². The molecule has 0 saturated carbocycles. The van der Waals surface area contributed by atoms with Gasteiger partial charge in [0, 0.05) is 24.8 Å². The number of hydrogen-bond donors (Lipinski definition) is 1.